The van der Waals surface area contributed by atoms with Gasteiger partial charge in [0.05, 0.1) is 24.5 Å². The first-order valence-electron chi connectivity index (χ1n) is 11.9. The highest BCUT2D eigenvalue weighted by atomic mass is 16.2. The van der Waals surface area contributed by atoms with Crippen LogP contribution >= 0.6 is 0 Å². The molecule has 174 valence electrons. The number of para-hydroxylation sites is 2. The van der Waals surface area contributed by atoms with Crippen molar-refractivity contribution in [1.82, 2.24) is 14.7 Å². The third kappa shape index (κ3) is 5.13. The zero-order chi connectivity index (χ0) is 22.7. The van der Waals surface area contributed by atoms with Crippen LogP contribution in [0.2, 0.25) is 0 Å². The van der Waals surface area contributed by atoms with E-state index >= 15 is 0 Å². The number of nitrogens with zero attached hydrogens (tertiary/aromatic N) is 4. The van der Waals surface area contributed by atoms with Crippen LogP contribution in [0.15, 0.2) is 24.3 Å². The van der Waals surface area contributed by atoms with Gasteiger partial charge in [0.1, 0.15) is 0 Å². The first-order valence-corrected chi connectivity index (χ1v) is 11.9. The molecule has 0 aromatic heterocycles. The summed E-state index contributed by atoms with van der Waals surface area (Å²) in [5.74, 6) is 0.170. The highest BCUT2D eigenvalue weighted by Gasteiger charge is 2.31. The van der Waals surface area contributed by atoms with Crippen LogP contribution in [0.5, 0.6) is 0 Å². The molecule has 0 saturated carbocycles. The quantitative estimate of drug-likeness (QED) is 0.771. The lowest BCUT2D eigenvalue weighted by molar-refractivity contribution is -0.136. The number of carbonyl (C=O) groups is 3. The molecule has 8 nitrogen and oxygen atoms in total. The smallest absolute Gasteiger partial charge is 0.241 e. The summed E-state index contributed by atoms with van der Waals surface area (Å²) < 4.78 is 0. The Balaban J connectivity index is 1.32. The van der Waals surface area contributed by atoms with Gasteiger partial charge in [-0.3, -0.25) is 24.2 Å². The van der Waals surface area contributed by atoms with Crippen LogP contribution in [0.4, 0.5) is 11.4 Å². The standard InChI is InChI=1S/C24H35N5O3/c1-18-7-5-6-10-28(18)23(31)16-26-11-13-27(14-12-26)17-24(32)29-19(2)15-22(30)25-20-8-3-4-9-21(20)29/h3-4,8-9,18-19H,5-7,10-17H2,1-2H3,(H,25,30)/t18-,19-/m1/s1. The molecule has 0 aliphatic carbocycles. The van der Waals surface area contributed by atoms with Gasteiger partial charge in [0.25, 0.3) is 0 Å². The summed E-state index contributed by atoms with van der Waals surface area (Å²) in [7, 11) is 0. The van der Waals surface area contributed by atoms with Crippen molar-refractivity contribution in [3.8, 4) is 0 Å². The lowest BCUT2D eigenvalue weighted by Crippen LogP contribution is -2.54. The first kappa shape index (κ1) is 22.7. The normalized spacial score (nSPS) is 25.1. The molecule has 8 heteroatoms. The Hall–Kier alpha value is -2.45. The third-order valence-electron chi connectivity index (χ3n) is 6.93. The minimum Gasteiger partial charge on any atom is -0.339 e. The van der Waals surface area contributed by atoms with Crippen LogP contribution < -0.4 is 10.2 Å². The number of rotatable bonds is 4. The number of fused-ring (bicyclic) bond motifs is 1. The van der Waals surface area contributed by atoms with Crippen molar-refractivity contribution in [3.63, 3.8) is 0 Å². The van der Waals surface area contributed by atoms with Gasteiger partial charge in [0.2, 0.25) is 17.7 Å². The van der Waals surface area contributed by atoms with E-state index < -0.39 is 0 Å². The number of anilines is 2. The largest absolute Gasteiger partial charge is 0.339 e. The van der Waals surface area contributed by atoms with Crippen molar-refractivity contribution < 1.29 is 14.4 Å². The summed E-state index contributed by atoms with van der Waals surface area (Å²) in [4.78, 5) is 46.3. The molecule has 2 fully saturated rings. The molecule has 0 bridgehead atoms. The second-order valence-electron chi connectivity index (χ2n) is 9.37. The average Bonchev–Trinajstić information content (AvgIpc) is 2.89. The van der Waals surface area contributed by atoms with E-state index in [1.54, 1.807) is 4.90 Å². The lowest BCUT2D eigenvalue weighted by atomic mass is 10.0. The number of hydrogen-bond acceptors (Lipinski definition) is 5. The zero-order valence-electron chi connectivity index (χ0n) is 19.3. The molecule has 4 rings (SSSR count). The number of piperazine rings is 1. The van der Waals surface area contributed by atoms with Crippen molar-refractivity contribution in [3.05, 3.63) is 24.3 Å². The van der Waals surface area contributed by atoms with Crippen molar-refractivity contribution in [2.75, 3.05) is 56.0 Å². The van der Waals surface area contributed by atoms with E-state index in [0.29, 0.717) is 24.8 Å². The summed E-state index contributed by atoms with van der Waals surface area (Å²) in [6.45, 7) is 8.82. The molecule has 3 aliphatic rings. The third-order valence-corrected chi connectivity index (χ3v) is 6.93. The van der Waals surface area contributed by atoms with Gasteiger partial charge in [-0.25, -0.2) is 0 Å². The van der Waals surface area contributed by atoms with E-state index in [1.807, 2.05) is 36.1 Å². The van der Waals surface area contributed by atoms with E-state index in [1.165, 1.54) is 6.42 Å². The van der Waals surface area contributed by atoms with Crippen molar-refractivity contribution in [2.24, 2.45) is 0 Å². The molecule has 1 aromatic rings. The number of amides is 3. The highest BCUT2D eigenvalue weighted by molar-refractivity contribution is 6.04. The molecule has 3 amide bonds. The van der Waals surface area contributed by atoms with Crippen molar-refractivity contribution >= 4 is 29.1 Å². The number of piperidine rings is 1. The topological polar surface area (TPSA) is 76.2 Å². The number of benzene rings is 1. The van der Waals surface area contributed by atoms with Gasteiger partial charge in [0, 0.05) is 51.2 Å². The zero-order valence-corrected chi connectivity index (χ0v) is 19.3. The molecule has 32 heavy (non-hydrogen) atoms. The predicted molar refractivity (Wildman–Crippen MR) is 125 cm³/mol. The summed E-state index contributed by atoms with van der Waals surface area (Å²) in [5, 5.41) is 2.91. The lowest BCUT2D eigenvalue weighted by Gasteiger charge is -2.38. The van der Waals surface area contributed by atoms with Crippen molar-refractivity contribution in [1.29, 1.82) is 0 Å². The Kier molecular flexibility index (Phi) is 7.10. The summed E-state index contributed by atoms with van der Waals surface area (Å²) in [6, 6.07) is 7.63. The van der Waals surface area contributed by atoms with Gasteiger partial charge >= 0.3 is 0 Å². The van der Waals surface area contributed by atoms with Crippen LogP contribution in [0.25, 0.3) is 0 Å². The summed E-state index contributed by atoms with van der Waals surface area (Å²) in [5.41, 5.74) is 1.45. The van der Waals surface area contributed by atoms with Crippen LogP contribution in [0.1, 0.15) is 39.5 Å². The first-order chi connectivity index (χ1) is 15.4. The summed E-state index contributed by atoms with van der Waals surface area (Å²) in [6.07, 6.45) is 3.69. The van der Waals surface area contributed by atoms with E-state index in [-0.39, 0.29) is 30.2 Å². The van der Waals surface area contributed by atoms with Crippen LogP contribution in [-0.4, -0.2) is 90.3 Å². The molecule has 2 atom stereocenters. The minimum absolute atomic E-state index is 0.00752. The molecule has 3 heterocycles. The second-order valence-corrected chi connectivity index (χ2v) is 9.37. The Bertz CT molecular complexity index is 852. The average molecular weight is 442 g/mol. The maximum absolute atomic E-state index is 13.3. The number of nitrogens with one attached hydrogen (secondary N) is 1. The van der Waals surface area contributed by atoms with Crippen LogP contribution in [0, 0.1) is 0 Å². The monoisotopic (exact) mass is 441 g/mol. The van der Waals surface area contributed by atoms with Crippen LogP contribution in [-0.2, 0) is 14.4 Å². The Morgan fingerprint density at radius 1 is 0.906 bits per heavy atom. The molecular formula is C24H35N5O3. The van der Waals surface area contributed by atoms with Gasteiger partial charge in [-0.15, -0.1) is 0 Å². The van der Waals surface area contributed by atoms with E-state index in [9.17, 15) is 14.4 Å². The molecule has 2 saturated heterocycles. The van der Waals surface area contributed by atoms with Crippen molar-refractivity contribution in [2.45, 2.75) is 51.6 Å². The van der Waals surface area contributed by atoms with Gasteiger partial charge in [-0.1, -0.05) is 12.1 Å². The predicted octanol–water partition coefficient (Wildman–Crippen LogP) is 1.77. The van der Waals surface area contributed by atoms with Gasteiger partial charge in [-0.05, 0) is 45.2 Å². The SMILES string of the molecule is C[C@@H]1CCCCN1C(=O)CN1CCN(CC(=O)N2c3ccccc3NC(=O)C[C@H]2C)CC1. The van der Waals surface area contributed by atoms with Gasteiger partial charge in [0.15, 0.2) is 0 Å². The number of carbonyl (C=O) groups excluding carboxylic acids is 3. The second kappa shape index (κ2) is 10.0. The maximum atomic E-state index is 13.3. The molecule has 0 unspecified atom stereocenters. The molecule has 1 N–H and O–H groups in total. The fourth-order valence-corrected chi connectivity index (χ4v) is 5.09. The Morgan fingerprint density at radius 3 is 2.25 bits per heavy atom. The van der Waals surface area contributed by atoms with E-state index in [0.717, 1.165) is 51.3 Å². The molecule has 0 radical (unpaired) electrons. The summed E-state index contributed by atoms with van der Waals surface area (Å²) >= 11 is 0. The van der Waals surface area contributed by atoms with E-state index in [4.69, 9.17) is 0 Å². The molecular weight excluding hydrogens is 406 g/mol. The fraction of sp³-hybridized carbons (Fsp3) is 0.625. The fourth-order valence-electron chi connectivity index (χ4n) is 5.09. The van der Waals surface area contributed by atoms with Gasteiger partial charge < -0.3 is 15.1 Å². The molecule has 3 aliphatic heterocycles. The minimum atomic E-state index is -0.198. The molecule has 1 aromatic carbocycles. The Labute approximate surface area is 190 Å². The maximum Gasteiger partial charge on any atom is 0.241 e. The van der Waals surface area contributed by atoms with E-state index in [2.05, 4.69) is 22.0 Å². The van der Waals surface area contributed by atoms with Crippen LogP contribution in [0.3, 0.4) is 0 Å². The Morgan fingerprint density at radius 2 is 1.56 bits per heavy atom. The molecule has 0 spiro atoms. The number of likely N-dealkylation sites (tertiary alicyclic amines) is 1. The number of hydrogen-bond donors (Lipinski definition) is 1. The van der Waals surface area contributed by atoms with Gasteiger partial charge in [-0.2, -0.15) is 0 Å². The highest BCUT2D eigenvalue weighted by Crippen LogP contribution is 2.31.